The lowest BCUT2D eigenvalue weighted by molar-refractivity contribution is -0.138. The number of hydrogen-bond donors (Lipinski definition) is 1. The zero-order chi connectivity index (χ0) is 23.7. The molecule has 0 saturated heterocycles. The van der Waals surface area contributed by atoms with Crippen molar-refractivity contribution in [2.45, 2.75) is 39.1 Å². The van der Waals surface area contributed by atoms with Gasteiger partial charge >= 0.3 is 0 Å². The van der Waals surface area contributed by atoms with E-state index in [0.717, 1.165) is 5.56 Å². The molecule has 0 aromatic heterocycles. The third kappa shape index (κ3) is 7.71. The molecule has 2 rings (SSSR count). The van der Waals surface area contributed by atoms with Crippen molar-refractivity contribution in [2.75, 3.05) is 19.4 Å². The average molecular weight is 481 g/mol. The molecule has 1 N–H and O–H groups in total. The van der Waals surface area contributed by atoms with Gasteiger partial charge in [-0.05, 0) is 42.7 Å². The number of ether oxygens (including phenoxy) is 1. The summed E-state index contributed by atoms with van der Waals surface area (Å²) in [5.41, 5.74) is 1.25. The second-order valence-corrected chi connectivity index (χ2v) is 9.27. The maximum absolute atomic E-state index is 14.0. The molecule has 0 bridgehead atoms. The second-order valence-electron chi connectivity index (χ2n) is 7.88. The lowest BCUT2D eigenvalue weighted by Crippen LogP contribution is -2.48. The van der Waals surface area contributed by atoms with Gasteiger partial charge in [-0.2, -0.15) is 0 Å². The summed E-state index contributed by atoms with van der Waals surface area (Å²) in [6.45, 7) is 6.55. The molecule has 0 fully saturated rings. The average Bonchev–Trinajstić information content (AvgIpc) is 2.77. The van der Waals surface area contributed by atoms with Gasteiger partial charge in [0.25, 0.3) is 0 Å². The van der Waals surface area contributed by atoms with Crippen LogP contribution in [0.1, 0.15) is 31.9 Å². The van der Waals surface area contributed by atoms with Gasteiger partial charge in [0.1, 0.15) is 17.6 Å². The van der Waals surface area contributed by atoms with E-state index >= 15 is 0 Å². The predicted octanol–water partition coefficient (Wildman–Crippen LogP) is 4.91. The number of methoxy groups -OCH3 is 1. The van der Waals surface area contributed by atoms with Crippen molar-refractivity contribution in [3.8, 4) is 5.75 Å². The first-order valence-corrected chi connectivity index (χ1v) is 12.0. The Hall–Kier alpha value is -2.25. The molecule has 0 spiro atoms. The van der Waals surface area contributed by atoms with Crippen molar-refractivity contribution < 1.29 is 18.7 Å². The highest BCUT2D eigenvalue weighted by molar-refractivity contribution is 7.99. The summed E-state index contributed by atoms with van der Waals surface area (Å²) in [6.07, 6.45) is 0. The van der Waals surface area contributed by atoms with Crippen LogP contribution in [0.2, 0.25) is 5.02 Å². The molecule has 174 valence electrons. The highest BCUT2D eigenvalue weighted by atomic mass is 35.5. The van der Waals surface area contributed by atoms with Crippen LogP contribution in [0.25, 0.3) is 0 Å². The van der Waals surface area contributed by atoms with Crippen molar-refractivity contribution >= 4 is 35.2 Å². The summed E-state index contributed by atoms with van der Waals surface area (Å²) in [6, 6.07) is 11.2. The number of nitrogens with one attached hydrogen (secondary N) is 1. The van der Waals surface area contributed by atoms with Crippen LogP contribution in [0.4, 0.5) is 4.39 Å². The normalized spacial score (nSPS) is 11.8. The Labute approximate surface area is 198 Å². The fraction of sp³-hybridized carbons (Fsp3) is 0.417. The maximum atomic E-state index is 14.0. The highest BCUT2D eigenvalue weighted by Crippen LogP contribution is 2.24. The zero-order valence-electron chi connectivity index (χ0n) is 18.9. The van der Waals surface area contributed by atoms with Gasteiger partial charge in [-0.15, -0.1) is 11.8 Å². The maximum Gasteiger partial charge on any atom is 0.242 e. The SMILES string of the molecule is COc1ccc(CN(C(=O)CSCc2c(F)cccc2Cl)[C@H](C)C(=O)NCC(C)C)cc1. The van der Waals surface area contributed by atoms with E-state index in [9.17, 15) is 14.0 Å². The molecule has 0 radical (unpaired) electrons. The number of rotatable bonds is 11. The quantitative estimate of drug-likeness (QED) is 0.496. The Morgan fingerprint density at radius 3 is 2.44 bits per heavy atom. The fourth-order valence-corrected chi connectivity index (χ4v) is 4.21. The van der Waals surface area contributed by atoms with Crippen LogP contribution in [0.15, 0.2) is 42.5 Å². The monoisotopic (exact) mass is 480 g/mol. The highest BCUT2D eigenvalue weighted by Gasteiger charge is 2.26. The molecular formula is C24H30ClFN2O3S. The molecule has 0 heterocycles. The Kier molecular flexibility index (Phi) is 10.3. The van der Waals surface area contributed by atoms with Crippen molar-refractivity contribution in [3.05, 3.63) is 64.4 Å². The van der Waals surface area contributed by atoms with Crippen molar-refractivity contribution in [1.82, 2.24) is 10.2 Å². The largest absolute Gasteiger partial charge is 0.497 e. The molecule has 0 aliphatic carbocycles. The lowest BCUT2D eigenvalue weighted by Gasteiger charge is -2.29. The summed E-state index contributed by atoms with van der Waals surface area (Å²) >= 11 is 7.35. The van der Waals surface area contributed by atoms with Crippen LogP contribution in [-0.2, 0) is 21.9 Å². The van der Waals surface area contributed by atoms with Crippen molar-refractivity contribution in [3.63, 3.8) is 0 Å². The van der Waals surface area contributed by atoms with Crippen molar-refractivity contribution in [2.24, 2.45) is 5.92 Å². The van der Waals surface area contributed by atoms with Gasteiger partial charge in [0.05, 0.1) is 12.9 Å². The van der Waals surface area contributed by atoms with Gasteiger partial charge in [-0.1, -0.05) is 43.6 Å². The van der Waals surface area contributed by atoms with Crippen LogP contribution in [0.3, 0.4) is 0 Å². The first-order valence-electron chi connectivity index (χ1n) is 10.4. The second kappa shape index (κ2) is 12.7. The summed E-state index contributed by atoms with van der Waals surface area (Å²) in [5.74, 6) is 0.580. The number of amides is 2. The standard InChI is InChI=1S/C24H30ClFN2O3S/c1-16(2)12-27-24(30)17(3)28(13-18-8-10-19(31-4)11-9-18)23(29)15-32-14-20-21(25)6-5-7-22(20)26/h5-11,16-17H,12-15H2,1-4H3,(H,27,30)/t17-/m1/s1. The van der Waals surface area contributed by atoms with Crippen LogP contribution in [0.5, 0.6) is 5.75 Å². The number of nitrogens with zero attached hydrogens (tertiary/aromatic N) is 1. The molecule has 0 unspecified atom stereocenters. The third-order valence-corrected chi connectivity index (χ3v) is 6.20. The van der Waals surface area contributed by atoms with Gasteiger partial charge in [-0.3, -0.25) is 9.59 Å². The van der Waals surface area contributed by atoms with Crippen LogP contribution < -0.4 is 10.1 Å². The van der Waals surface area contributed by atoms with Gasteiger partial charge in [-0.25, -0.2) is 4.39 Å². The minimum absolute atomic E-state index is 0.0998. The van der Waals surface area contributed by atoms with Gasteiger partial charge in [0.2, 0.25) is 11.8 Å². The zero-order valence-corrected chi connectivity index (χ0v) is 20.4. The molecule has 2 aromatic carbocycles. The first-order chi connectivity index (χ1) is 15.2. The number of carbonyl (C=O) groups excluding carboxylic acids is 2. The van der Waals surface area contributed by atoms with E-state index < -0.39 is 11.9 Å². The topological polar surface area (TPSA) is 58.6 Å². The van der Waals surface area contributed by atoms with Gasteiger partial charge in [0, 0.05) is 29.4 Å². The van der Waals surface area contributed by atoms with E-state index in [2.05, 4.69) is 5.32 Å². The minimum Gasteiger partial charge on any atom is -0.497 e. The number of thioether (sulfide) groups is 1. The summed E-state index contributed by atoms with van der Waals surface area (Å²) in [7, 11) is 1.59. The molecule has 32 heavy (non-hydrogen) atoms. The first kappa shape index (κ1) is 26.0. The van der Waals surface area contributed by atoms with Crippen LogP contribution in [-0.4, -0.2) is 42.2 Å². The number of halogens is 2. The smallest absolute Gasteiger partial charge is 0.242 e. The number of benzene rings is 2. The minimum atomic E-state index is -0.652. The molecule has 0 saturated carbocycles. The summed E-state index contributed by atoms with van der Waals surface area (Å²) < 4.78 is 19.2. The molecule has 0 aliphatic heterocycles. The van der Waals surface area contributed by atoms with Crippen LogP contribution >= 0.6 is 23.4 Å². The Morgan fingerprint density at radius 1 is 1.16 bits per heavy atom. The predicted molar refractivity (Wildman–Crippen MR) is 128 cm³/mol. The van der Waals surface area contributed by atoms with E-state index in [-0.39, 0.29) is 29.9 Å². The molecule has 1 atom stereocenters. The summed E-state index contributed by atoms with van der Waals surface area (Å²) in [4.78, 5) is 27.3. The van der Waals surface area contributed by atoms with E-state index in [1.165, 1.54) is 17.8 Å². The Balaban J connectivity index is 2.10. The van der Waals surface area contributed by atoms with E-state index in [1.54, 1.807) is 31.1 Å². The number of hydrogen-bond acceptors (Lipinski definition) is 4. The van der Waals surface area contributed by atoms with Gasteiger partial charge < -0.3 is 15.0 Å². The Morgan fingerprint density at radius 2 is 1.84 bits per heavy atom. The number of carbonyl (C=O) groups is 2. The van der Waals surface area contributed by atoms with Gasteiger partial charge in [0.15, 0.2) is 0 Å². The molecule has 5 nitrogen and oxygen atoms in total. The fourth-order valence-electron chi connectivity index (χ4n) is 2.96. The molecule has 2 aromatic rings. The third-order valence-electron chi connectivity index (χ3n) is 4.90. The van der Waals surface area contributed by atoms with Crippen LogP contribution in [0, 0.1) is 11.7 Å². The van der Waals surface area contributed by atoms with Crippen molar-refractivity contribution in [1.29, 1.82) is 0 Å². The van der Waals surface area contributed by atoms with E-state index in [1.807, 2.05) is 38.1 Å². The molecular weight excluding hydrogens is 451 g/mol. The molecule has 8 heteroatoms. The Bertz CT molecular complexity index is 888. The van der Waals surface area contributed by atoms with E-state index in [0.29, 0.717) is 28.8 Å². The summed E-state index contributed by atoms with van der Waals surface area (Å²) in [5, 5.41) is 3.23. The molecule has 0 aliphatic rings. The van der Waals surface area contributed by atoms with E-state index in [4.69, 9.17) is 16.3 Å². The lowest BCUT2D eigenvalue weighted by atomic mass is 10.1. The molecule has 2 amide bonds.